The molecule has 0 fully saturated rings. The van der Waals surface area contributed by atoms with E-state index in [-0.39, 0.29) is 0 Å². The Morgan fingerprint density at radius 1 is 1.19 bits per heavy atom. The zero-order chi connectivity index (χ0) is 11.4. The van der Waals surface area contributed by atoms with Crippen LogP contribution < -0.4 is 5.32 Å². The minimum atomic E-state index is 0.835. The van der Waals surface area contributed by atoms with E-state index >= 15 is 0 Å². The molecule has 3 heteroatoms. The van der Waals surface area contributed by atoms with Gasteiger partial charge < -0.3 is 9.73 Å². The van der Waals surface area contributed by atoms with Crippen LogP contribution in [-0.2, 0) is 13.1 Å². The van der Waals surface area contributed by atoms with E-state index in [4.69, 9.17) is 4.42 Å². The van der Waals surface area contributed by atoms with E-state index in [1.54, 1.807) is 12.5 Å². The Morgan fingerprint density at radius 2 is 2.00 bits per heavy atom. The lowest BCUT2D eigenvalue weighted by atomic mass is 10.1. The molecule has 1 aromatic heterocycles. The van der Waals surface area contributed by atoms with Gasteiger partial charge in [0.1, 0.15) is 0 Å². The molecule has 1 aromatic carbocycles. The van der Waals surface area contributed by atoms with Crippen LogP contribution in [0.1, 0.15) is 16.7 Å². The topological polar surface area (TPSA) is 25.2 Å². The van der Waals surface area contributed by atoms with Crippen LogP contribution in [0.15, 0.2) is 45.7 Å². The van der Waals surface area contributed by atoms with Crippen molar-refractivity contribution >= 4 is 15.9 Å². The van der Waals surface area contributed by atoms with Gasteiger partial charge in [-0.3, -0.25) is 0 Å². The molecule has 2 rings (SSSR count). The van der Waals surface area contributed by atoms with Crippen molar-refractivity contribution in [3.63, 3.8) is 0 Å². The number of benzene rings is 1. The monoisotopic (exact) mass is 279 g/mol. The van der Waals surface area contributed by atoms with Crippen molar-refractivity contribution in [3.8, 4) is 0 Å². The van der Waals surface area contributed by atoms with Crippen molar-refractivity contribution in [1.82, 2.24) is 5.32 Å². The van der Waals surface area contributed by atoms with Crippen molar-refractivity contribution in [2.45, 2.75) is 20.0 Å². The summed E-state index contributed by atoms with van der Waals surface area (Å²) < 4.78 is 6.17. The highest BCUT2D eigenvalue weighted by atomic mass is 79.9. The summed E-state index contributed by atoms with van der Waals surface area (Å²) in [6.45, 7) is 3.79. The van der Waals surface area contributed by atoms with Gasteiger partial charge in [-0.2, -0.15) is 0 Å². The minimum Gasteiger partial charge on any atom is -0.472 e. The third-order valence-electron chi connectivity index (χ3n) is 2.47. The maximum Gasteiger partial charge on any atom is 0.0947 e. The van der Waals surface area contributed by atoms with Gasteiger partial charge in [0.15, 0.2) is 0 Å². The molecule has 0 saturated carbocycles. The molecule has 84 valence electrons. The molecule has 0 aliphatic rings. The summed E-state index contributed by atoms with van der Waals surface area (Å²) in [7, 11) is 0. The van der Waals surface area contributed by atoms with Crippen LogP contribution in [0.4, 0.5) is 0 Å². The molecular weight excluding hydrogens is 266 g/mol. The summed E-state index contributed by atoms with van der Waals surface area (Å²) >= 11 is 3.53. The summed E-state index contributed by atoms with van der Waals surface area (Å²) in [6, 6.07) is 8.39. The lowest BCUT2D eigenvalue weighted by Crippen LogP contribution is -2.12. The molecule has 0 radical (unpaired) electrons. The average molecular weight is 280 g/mol. The Bertz CT molecular complexity index is 451. The summed E-state index contributed by atoms with van der Waals surface area (Å²) in [5.74, 6) is 0. The lowest BCUT2D eigenvalue weighted by Gasteiger charge is -2.05. The molecule has 1 heterocycles. The predicted molar refractivity (Wildman–Crippen MR) is 68.1 cm³/mol. The molecule has 0 unspecified atom stereocenters. The predicted octanol–water partition coefficient (Wildman–Crippen LogP) is 3.64. The van der Waals surface area contributed by atoms with Gasteiger partial charge in [0.05, 0.1) is 12.5 Å². The molecule has 0 spiro atoms. The second-order valence-electron chi connectivity index (χ2n) is 3.82. The van der Waals surface area contributed by atoms with Gasteiger partial charge in [0, 0.05) is 23.1 Å². The van der Waals surface area contributed by atoms with Gasteiger partial charge in [-0.05, 0) is 30.2 Å². The first-order chi connectivity index (χ1) is 7.75. The molecule has 0 atom stereocenters. The number of rotatable bonds is 4. The highest BCUT2D eigenvalue weighted by Crippen LogP contribution is 2.17. The SMILES string of the molecule is Cc1ccc(CNCc2ccoc2)cc1Br. The third-order valence-corrected chi connectivity index (χ3v) is 3.33. The second kappa shape index (κ2) is 5.32. The van der Waals surface area contributed by atoms with Gasteiger partial charge >= 0.3 is 0 Å². The van der Waals surface area contributed by atoms with E-state index in [9.17, 15) is 0 Å². The molecule has 1 N–H and O–H groups in total. The lowest BCUT2D eigenvalue weighted by molar-refractivity contribution is 0.560. The van der Waals surface area contributed by atoms with Gasteiger partial charge in [-0.15, -0.1) is 0 Å². The summed E-state index contributed by atoms with van der Waals surface area (Å²) in [6.07, 6.45) is 3.46. The maximum atomic E-state index is 5.00. The Hall–Kier alpha value is -1.06. The first-order valence-electron chi connectivity index (χ1n) is 5.22. The number of halogens is 1. The Kier molecular flexibility index (Phi) is 3.80. The normalized spacial score (nSPS) is 10.6. The Labute approximate surface area is 104 Å². The molecule has 2 aromatic rings. The van der Waals surface area contributed by atoms with Gasteiger partial charge in [0.2, 0.25) is 0 Å². The van der Waals surface area contributed by atoms with E-state index in [0.717, 1.165) is 17.6 Å². The fraction of sp³-hybridized carbons (Fsp3) is 0.231. The molecule has 0 bridgehead atoms. The Morgan fingerprint density at radius 3 is 2.69 bits per heavy atom. The van der Waals surface area contributed by atoms with Crippen molar-refractivity contribution in [1.29, 1.82) is 0 Å². The number of aryl methyl sites for hydroxylation is 1. The number of furan rings is 1. The molecule has 0 amide bonds. The van der Waals surface area contributed by atoms with Crippen molar-refractivity contribution in [3.05, 3.63) is 58.0 Å². The van der Waals surface area contributed by atoms with Gasteiger partial charge in [-0.1, -0.05) is 28.1 Å². The van der Waals surface area contributed by atoms with Crippen molar-refractivity contribution in [2.75, 3.05) is 0 Å². The minimum absolute atomic E-state index is 0.835. The number of hydrogen-bond donors (Lipinski definition) is 1. The fourth-order valence-corrected chi connectivity index (χ4v) is 1.92. The maximum absolute atomic E-state index is 5.00. The summed E-state index contributed by atoms with van der Waals surface area (Å²) in [4.78, 5) is 0. The van der Waals surface area contributed by atoms with Gasteiger partial charge in [-0.25, -0.2) is 0 Å². The third kappa shape index (κ3) is 2.97. The zero-order valence-corrected chi connectivity index (χ0v) is 10.8. The largest absolute Gasteiger partial charge is 0.472 e. The summed E-state index contributed by atoms with van der Waals surface area (Å²) in [5, 5.41) is 3.37. The highest BCUT2D eigenvalue weighted by Gasteiger charge is 1.98. The number of hydrogen-bond acceptors (Lipinski definition) is 2. The van der Waals surface area contributed by atoms with Crippen molar-refractivity contribution in [2.24, 2.45) is 0 Å². The molecule has 2 nitrogen and oxygen atoms in total. The fourth-order valence-electron chi connectivity index (χ4n) is 1.49. The first kappa shape index (κ1) is 11.4. The van der Waals surface area contributed by atoms with Crippen LogP contribution in [-0.4, -0.2) is 0 Å². The smallest absolute Gasteiger partial charge is 0.0947 e. The van der Waals surface area contributed by atoms with Crippen molar-refractivity contribution < 1.29 is 4.42 Å². The van der Waals surface area contributed by atoms with E-state index in [1.807, 2.05) is 6.07 Å². The number of nitrogens with one attached hydrogen (secondary N) is 1. The van der Waals surface area contributed by atoms with Gasteiger partial charge in [0.25, 0.3) is 0 Å². The van der Waals surface area contributed by atoms with Crippen LogP contribution >= 0.6 is 15.9 Å². The first-order valence-corrected chi connectivity index (χ1v) is 6.02. The Balaban J connectivity index is 1.87. The molecule has 0 aliphatic carbocycles. The van der Waals surface area contributed by atoms with E-state index in [2.05, 4.69) is 46.4 Å². The quantitative estimate of drug-likeness (QED) is 0.925. The van der Waals surface area contributed by atoms with Crippen LogP contribution in [0.5, 0.6) is 0 Å². The zero-order valence-electron chi connectivity index (χ0n) is 9.16. The van der Waals surface area contributed by atoms with Crippen LogP contribution in [0.2, 0.25) is 0 Å². The van der Waals surface area contributed by atoms with E-state index < -0.39 is 0 Å². The molecule has 16 heavy (non-hydrogen) atoms. The average Bonchev–Trinajstić information content (AvgIpc) is 2.76. The van der Waals surface area contributed by atoms with E-state index in [0.29, 0.717) is 0 Å². The van der Waals surface area contributed by atoms with Crippen LogP contribution in [0.3, 0.4) is 0 Å². The second-order valence-corrected chi connectivity index (χ2v) is 4.67. The molecular formula is C13H14BrNO. The molecule has 0 saturated heterocycles. The highest BCUT2D eigenvalue weighted by molar-refractivity contribution is 9.10. The van der Waals surface area contributed by atoms with E-state index in [1.165, 1.54) is 16.7 Å². The van der Waals surface area contributed by atoms with Crippen LogP contribution in [0, 0.1) is 6.92 Å². The standard InChI is InChI=1S/C13H14BrNO/c1-10-2-3-11(6-13(10)14)7-15-8-12-4-5-16-9-12/h2-6,9,15H,7-8H2,1H3. The van der Waals surface area contributed by atoms with Crippen LogP contribution in [0.25, 0.3) is 0 Å². The molecule has 0 aliphatic heterocycles. The summed E-state index contributed by atoms with van der Waals surface area (Å²) in [5.41, 5.74) is 3.71.